The van der Waals surface area contributed by atoms with Gasteiger partial charge in [0.2, 0.25) is 0 Å². The first kappa shape index (κ1) is 21.2. The van der Waals surface area contributed by atoms with Crippen LogP contribution in [0.3, 0.4) is 0 Å². The number of aromatic nitrogens is 2. The van der Waals surface area contributed by atoms with Crippen LogP contribution in [0.25, 0.3) is 0 Å². The van der Waals surface area contributed by atoms with Crippen molar-refractivity contribution in [2.24, 2.45) is 11.8 Å². The molecule has 0 aliphatic carbocycles. The van der Waals surface area contributed by atoms with Crippen molar-refractivity contribution >= 4 is 5.91 Å². The van der Waals surface area contributed by atoms with Crippen molar-refractivity contribution in [3.8, 4) is 0 Å². The Labute approximate surface area is 172 Å². The number of carbonyl (C=O) groups is 1. The predicted molar refractivity (Wildman–Crippen MR) is 115 cm³/mol. The molecule has 1 fully saturated rings. The Morgan fingerprint density at radius 2 is 1.79 bits per heavy atom. The number of rotatable bonds is 7. The molecular weight excluding hydrogens is 364 g/mol. The molecule has 29 heavy (non-hydrogen) atoms. The van der Waals surface area contributed by atoms with Gasteiger partial charge in [0.1, 0.15) is 5.69 Å². The maximum absolute atomic E-state index is 12.6. The molecule has 2 heterocycles. The molecule has 1 saturated heterocycles. The van der Waals surface area contributed by atoms with Crippen LogP contribution in [0.5, 0.6) is 0 Å². The Morgan fingerprint density at radius 3 is 2.48 bits per heavy atom. The first-order valence-electron chi connectivity index (χ1n) is 10.6. The number of benzene rings is 1. The second kappa shape index (κ2) is 9.83. The fourth-order valence-electron chi connectivity index (χ4n) is 4.25. The number of carbonyl (C=O) groups excluding carboxylic acids is 1. The Balaban J connectivity index is 1.66. The summed E-state index contributed by atoms with van der Waals surface area (Å²) in [5, 5.41) is 7.15. The van der Waals surface area contributed by atoms with E-state index in [1.165, 1.54) is 28.8 Å². The molecule has 2 atom stereocenters. The van der Waals surface area contributed by atoms with Gasteiger partial charge in [0.25, 0.3) is 11.5 Å². The minimum absolute atomic E-state index is 0.182. The second-order valence-corrected chi connectivity index (χ2v) is 8.37. The fourth-order valence-corrected chi connectivity index (χ4v) is 4.25. The molecule has 2 aromatic rings. The van der Waals surface area contributed by atoms with Gasteiger partial charge in [-0.1, -0.05) is 45.0 Å². The van der Waals surface area contributed by atoms with E-state index in [0.29, 0.717) is 13.1 Å². The van der Waals surface area contributed by atoms with Crippen LogP contribution < -0.4 is 10.9 Å². The van der Waals surface area contributed by atoms with Gasteiger partial charge < -0.3 is 5.32 Å². The van der Waals surface area contributed by atoms with Crippen molar-refractivity contribution < 1.29 is 4.79 Å². The lowest BCUT2D eigenvalue weighted by atomic mass is 9.91. The molecule has 3 rings (SSSR count). The number of nitrogens with zero attached hydrogens (tertiary/aromatic N) is 3. The van der Waals surface area contributed by atoms with Gasteiger partial charge in [0.15, 0.2) is 0 Å². The highest BCUT2D eigenvalue weighted by Gasteiger charge is 2.22. The molecule has 1 aromatic carbocycles. The van der Waals surface area contributed by atoms with Crippen molar-refractivity contribution in [1.29, 1.82) is 0 Å². The minimum Gasteiger partial charge on any atom is -0.347 e. The molecule has 1 aliphatic rings. The van der Waals surface area contributed by atoms with E-state index in [1.54, 1.807) is 0 Å². The van der Waals surface area contributed by atoms with Crippen LogP contribution >= 0.6 is 0 Å². The summed E-state index contributed by atoms with van der Waals surface area (Å²) in [5.74, 6) is 1.18. The monoisotopic (exact) mass is 396 g/mol. The highest BCUT2D eigenvalue weighted by molar-refractivity contribution is 5.91. The molecule has 6 heteroatoms. The first-order chi connectivity index (χ1) is 14.0. The lowest BCUT2D eigenvalue weighted by Crippen LogP contribution is -2.38. The molecule has 2 unspecified atom stereocenters. The van der Waals surface area contributed by atoms with Crippen LogP contribution in [0.4, 0.5) is 0 Å². The summed E-state index contributed by atoms with van der Waals surface area (Å²) in [4.78, 5) is 26.9. The standard InChI is InChI=1S/C23H32N4O2/c1-4-11-27-22(28)10-9-21(25-27)23(29)24-13-19-7-5-6-8-20(19)16-26-14-17(2)12-18(3)15-26/h5-10,17-18H,4,11-16H2,1-3H3,(H,24,29). The average Bonchev–Trinajstić information content (AvgIpc) is 2.68. The third-order valence-corrected chi connectivity index (χ3v) is 5.43. The molecular formula is C23H32N4O2. The Morgan fingerprint density at radius 1 is 1.10 bits per heavy atom. The minimum atomic E-state index is -0.259. The highest BCUT2D eigenvalue weighted by atomic mass is 16.2. The summed E-state index contributed by atoms with van der Waals surface area (Å²) in [5.41, 5.74) is 2.46. The van der Waals surface area contributed by atoms with Gasteiger partial charge in [-0.3, -0.25) is 14.5 Å². The van der Waals surface area contributed by atoms with Crippen molar-refractivity contribution in [1.82, 2.24) is 20.0 Å². The Bertz CT molecular complexity index is 882. The molecule has 0 bridgehead atoms. The number of amides is 1. The Kier molecular flexibility index (Phi) is 7.20. The van der Waals surface area contributed by atoms with E-state index in [1.807, 2.05) is 13.0 Å². The summed E-state index contributed by atoms with van der Waals surface area (Å²) >= 11 is 0. The maximum atomic E-state index is 12.6. The van der Waals surface area contributed by atoms with Gasteiger partial charge in [0.05, 0.1) is 0 Å². The summed E-state index contributed by atoms with van der Waals surface area (Å²) in [6.07, 6.45) is 2.08. The second-order valence-electron chi connectivity index (χ2n) is 8.37. The summed E-state index contributed by atoms with van der Waals surface area (Å²) in [6, 6.07) is 11.2. The molecule has 156 valence electrons. The summed E-state index contributed by atoms with van der Waals surface area (Å²) in [6.45, 7) is 10.7. The number of piperidine rings is 1. The number of hydrogen-bond donors (Lipinski definition) is 1. The van der Waals surface area contributed by atoms with E-state index in [2.05, 4.69) is 47.4 Å². The van der Waals surface area contributed by atoms with Crippen LogP contribution in [0.1, 0.15) is 55.2 Å². The maximum Gasteiger partial charge on any atom is 0.271 e. The van der Waals surface area contributed by atoms with Crippen LogP contribution in [0.2, 0.25) is 0 Å². The molecule has 1 amide bonds. The van der Waals surface area contributed by atoms with E-state index >= 15 is 0 Å². The van der Waals surface area contributed by atoms with E-state index in [-0.39, 0.29) is 17.2 Å². The highest BCUT2D eigenvalue weighted by Crippen LogP contribution is 2.23. The van der Waals surface area contributed by atoms with Gasteiger partial charge in [-0.05, 0) is 41.9 Å². The third kappa shape index (κ3) is 5.76. The normalized spacial score (nSPS) is 19.8. The largest absolute Gasteiger partial charge is 0.347 e. The molecule has 0 saturated carbocycles. The van der Waals surface area contributed by atoms with Gasteiger partial charge >= 0.3 is 0 Å². The zero-order chi connectivity index (χ0) is 20.8. The average molecular weight is 397 g/mol. The van der Waals surface area contributed by atoms with E-state index in [4.69, 9.17) is 0 Å². The first-order valence-corrected chi connectivity index (χ1v) is 10.6. The van der Waals surface area contributed by atoms with Crippen LogP contribution in [0, 0.1) is 11.8 Å². The van der Waals surface area contributed by atoms with Crippen LogP contribution in [0.15, 0.2) is 41.2 Å². The van der Waals surface area contributed by atoms with Crippen molar-refractivity contribution in [3.63, 3.8) is 0 Å². The lowest BCUT2D eigenvalue weighted by Gasteiger charge is -2.35. The number of aryl methyl sites for hydroxylation is 1. The van der Waals surface area contributed by atoms with Crippen molar-refractivity contribution in [2.45, 2.75) is 53.2 Å². The topological polar surface area (TPSA) is 67.2 Å². The Hall–Kier alpha value is -2.47. The van der Waals surface area contributed by atoms with E-state index in [9.17, 15) is 9.59 Å². The smallest absolute Gasteiger partial charge is 0.271 e. The van der Waals surface area contributed by atoms with Crippen molar-refractivity contribution in [2.75, 3.05) is 13.1 Å². The molecule has 1 N–H and O–H groups in total. The zero-order valence-corrected chi connectivity index (χ0v) is 17.7. The van der Waals surface area contributed by atoms with Gasteiger partial charge in [-0.25, -0.2) is 4.68 Å². The zero-order valence-electron chi connectivity index (χ0n) is 17.7. The van der Waals surface area contributed by atoms with Gasteiger partial charge in [-0.2, -0.15) is 5.10 Å². The fraction of sp³-hybridized carbons (Fsp3) is 0.522. The quantitative estimate of drug-likeness (QED) is 0.781. The number of likely N-dealkylation sites (tertiary alicyclic amines) is 1. The van der Waals surface area contributed by atoms with Crippen LogP contribution in [-0.4, -0.2) is 33.7 Å². The molecule has 0 radical (unpaired) electrons. The number of hydrogen-bond acceptors (Lipinski definition) is 4. The van der Waals surface area contributed by atoms with Crippen LogP contribution in [-0.2, 0) is 19.6 Å². The molecule has 1 aliphatic heterocycles. The molecule has 1 aromatic heterocycles. The summed E-state index contributed by atoms with van der Waals surface area (Å²) < 4.78 is 1.35. The van der Waals surface area contributed by atoms with Crippen molar-refractivity contribution in [3.05, 3.63) is 63.6 Å². The molecule has 6 nitrogen and oxygen atoms in total. The van der Waals surface area contributed by atoms with Gasteiger partial charge in [-0.15, -0.1) is 0 Å². The third-order valence-electron chi connectivity index (χ3n) is 5.43. The summed E-state index contributed by atoms with van der Waals surface area (Å²) in [7, 11) is 0. The predicted octanol–water partition coefficient (Wildman–Crippen LogP) is 3.06. The van der Waals surface area contributed by atoms with E-state index in [0.717, 1.165) is 43.5 Å². The molecule has 0 spiro atoms. The SMILES string of the molecule is CCCn1nc(C(=O)NCc2ccccc2CN2CC(C)CC(C)C2)ccc1=O. The lowest BCUT2D eigenvalue weighted by molar-refractivity contribution is 0.0943. The van der Waals surface area contributed by atoms with Gasteiger partial charge in [0, 0.05) is 38.8 Å². The number of nitrogens with one attached hydrogen (secondary N) is 1. The van der Waals surface area contributed by atoms with E-state index < -0.39 is 0 Å².